The normalized spacial score (nSPS) is 41.2. The fourth-order valence-corrected chi connectivity index (χ4v) is 8.89. The number of hydrogen-bond acceptors (Lipinski definition) is 5. The van der Waals surface area contributed by atoms with Gasteiger partial charge in [0.25, 0.3) is 0 Å². The van der Waals surface area contributed by atoms with Gasteiger partial charge in [0.1, 0.15) is 11.9 Å². The van der Waals surface area contributed by atoms with Crippen LogP contribution in [0.4, 0.5) is 0 Å². The molecular weight excluding hydrogens is 440 g/mol. The van der Waals surface area contributed by atoms with E-state index in [1.54, 1.807) is 0 Å². The number of aliphatic hydroxyl groups is 3. The van der Waals surface area contributed by atoms with E-state index in [0.29, 0.717) is 30.5 Å². The lowest BCUT2D eigenvalue weighted by atomic mass is 9.37. The third-order valence-electron chi connectivity index (χ3n) is 11.2. The first kappa shape index (κ1) is 26.8. The Morgan fingerprint density at radius 2 is 1.71 bits per heavy atom. The maximum absolute atomic E-state index is 13.5. The highest BCUT2D eigenvalue weighted by atomic mass is 16.4. The molecule has 5 heteroatoms. The molecule has 0 radical (unpaired) electrons. The van der Waals surface area contributed by atoms with Crippen molar-refractivity contribution in [1.82, 2.24) is 0 Å². The number of carbonyl (C=O) groups excluding carboxylic acids is 2. The summed E-state index contributed by atoms with van der Waals surface area (Å²) >= 11 is 0. The van der Waals surface area contributed by atoms with E-state index in [1.165, 1.54) is 13.8 Å². The Bertz CT molecular complexity index is 983. The summed E-state index contributed by atoms with van der Waals surface area (Å²) in [5, 5.41) is 31.1. The number of hydrogen-bond donors (Lipinski definition) is 3. The van der Waals surface area contributed by atoms with Gasteiger partial charge >= 0.3 is 0 Å². The Morgan fingerprint density at radius 3 is 2.31 bits per heavy atom. The van der Waals surface area contributed by atoms with Crippen molar-refractivity contribution >= 4 is 11.6 Å². The average molecular weight is 487 g/mol. The van der Waals surface area contributed by atoms with Gasteiger partial charge in [0.2, 0.25) is 0 Å². The molecule has 4 aliphatic carbocycles. The van der Waals surface area contributed by atoms with Gasteiger partial charge in [-0.3, -0.25) is 9.59 Å². The van der Waals surface area contributed by atoms with Gasteiger partial charge in [0.05, 0.1) is 11.7 Å². The van der Waals surface area contributed by atoms with Gasteiger partial charge in [-0.15, -0.1) is 0 Å². The molecular formula is C30H46O5. The van der Waals surface area contributed by atoms with Crippen molar-refractivity contribution in [2.75, 3.05) is 0 Å². The number of rotatable bonds is 5. The lowest BCUT2D eigenvalue weighted by Crippen LogP contribution is -2.61. The van der Waals surface area contributed by atoms with Crippen molar-refractivity contribution in [3.63, 3.8) is 0 Å². The molecule has 4 aliphatic rings. The minimum Gasteiger partial charge on any atom is -0.390 e. The predicted molar refractivity (Wildman–Crippen MR) is 136 cm³/mol. The third-order valence-corrected chi connectivity index (χ3v) is 11.2. The minimum absolute atomic E-state index is 0.0138. The van der Waals surface area contributed by atoms with Gasteiger partial charge in [0, 0.05) is 29.2 Å². The van der Waals surface area contributed by atoms with Crippen LogP contribution in [0.2, 0.25) is 0 Å². The van der Waals surface area contributed by atoms with Crippen molar-refractivity contribution < 1.29 is 24.9 Å². The second-order valence-corrected chi connectivity index (χ2v) is 14.1. The standard InChI is InChI=1S/C30H46O5/c1-17(15-19(31)25(34)27(4,5)35)24-18-9-10-22-28(6)13-12-23(33)26(2,3)21(28)11-14-29(22,7)30(18,8)16-20(24)32/h9-10,17,19,21-22,25,31,34-35H,11-16H2,1-8H3/t17-,19+,21?,22+,25-,28+,29+,30+/m1/s1. The molecule has 0 spiro atoms. The van der Waals surface area contributed by atoms with E-state index in [2.05, 4.69) is 46.8 Å². The summed E-state index contributed by atoms with van der Waals surface area (Å²) in [6.07, 6.45) is 6.30. The first-order chi connectivity index (χ1) is 15.9. The summed E-state index contributed by atoms with van der Waals surface area (Å²) < 4.78 is 0. The number of aliphatic hydroxyl groups excluding tert-OH is 2. The molecule has 4 rings (SSSR count). The molecule has 0 bridgehead atoms. The first-order valence-corrected chi connectivity index (χ1v) is 13.5. The van der Waals surface area contributed by atoms with Gasteiger partial charge in [-0.25, -0.2) is 0 Å². The molecule has 0 aromatic carbocycles. The zero-order valence-corrected chi connectivity index (χ0v) is 22.9. The maximum atomic E-state index is 13.5. The van der Waals surface area contributed by atoms with E-state index in [-0.39, 0.29) is 39.8 Å². The van der Waals surface area contributed by atoms with E-state index < -0.39 is 17.8 Å². The fraction of sp³-hybridized carbons (Fsp3) is 0.800. The monoisotopic (exact) mass is 486 g/mol. The van der Waals surface area contributed by atoms with E-state index >= 15 is 0 Å². The summed E-state index contributed by atoms with van der Waals surface area (Å²) in [7, 11) is 0. The van der Waals surface area contributed by atoms with Crippen LogP contribution in [0.25, 0.3) is 0 Å². The van der Waals surface area contributed by atoms with Crippen molar-refractivity contribution in [3.8, 4) is 0 Å². The largest absolute Gasteiger partial charge is 0.390 e. The Labute approximate surface area is 211 Å². The second kappa shape index (κ2) is 8.10. The van der Waals surface area contributed by atoms with Crippen LogP contribution < -0.4 is 0 Å². The Kier molecular flexibility index (Phi) is 6.19. The summed E-state index contributed by atoms with van der Waals surface area (Å²) in [5.74, 6) is 0.920. The minimum atomic E-state index is -1.42. The smallest absolute Gasteiger partial charge is 0.160 e. The van der Waals surface area contributed by atoms with E-state index in [4.69, 9.17) is 0 Å². The van der Waals surface area contributed by atoms with Gasteiger partial charge in [-0.2, -0.15) is 0 Å². The maximum Gasteiger partial charge on any atom is 0.160 e. The number of carbonyl (C=O) groups is 2. The first-order valence-electron chi connectivity index (χ1n) is 13.5. The van der Waals surface area contributed by atoms with Crippen molar-refractivity contribution in [1.29, 1.82) is 0 Å². The van der Waals surface area contributed by atoms with Crippen LogP contribution in [0.15, 0.2) is 23.3 Å². The lowest BCUT2D eigenvalue weighted by Gasteiger charge is -2.66. The van der Waals surface area contributed by atoms with E-state index in [9.17, 15) is 24.9 Å². The van der Waals surface area contributed by atoms with Gasteiger partial charge in [-0.1, -0.05) is 53.7 Å². The molecule has 0 saturated heterocycles. The summed E-state index contributed by atoms with van der Waals surface area (Å²) in [5.41, 5.74) is -0.251. The molecule has 196 valence electrons. The van der Waals surface area contributed by atoms with E-state index in [0.717, 1.165) is 30.4 Å². The molecule has 0 amide bonds. The molecule has 3 N–H and O–H groups in total. The Hall–Kier alpha value is -1.30. The van der Waals surface area contributed by atoms with Crippen LogP contribution in [-0.2, 0) is 9.59 Å². The molecule has 1 unspecified atom stereocenters. The van der Waals surface area contributed by atoms with Crippen molar-refractivity contribution in [2.45, 2.75) is 112 Å². The Balaban J connectivity index is 1.72. The van der Waals surface area contributed by atoms with Crippen LogP contribution in [0.1, 0.15) is 93.9 Å². The lowest BCUT2D eigenvalue weighted by molar-refractivity contribution is -0.165. The molecule has 2 saturated carbocycles. The molecule has 0 heterocycles. The zero-order valence-electron chi connectivity index (χ0n) is 22.9. The van der Waals surface area contributed by atoms with Crippen LogP contribution in [0.5, 0.6) is 0 Å². The summed E-state index contributed by atoms with van der Waals surface area (Å²) in [6, 6.07) is 0. The zero-order chi connectivity index (χ0) is 26.4. The molecule has 0 aliphatic heterocycles. The van der Waals surface area contributed by atoms with Crippen LogP contribution in [0.3, 0.4) is 0 Å². The number of fused-ring (bicyclic) bond motifs is 5. The third kappa shape index (κ3) is 3.67. The summed E-state index contributed by atoms with van der Waals surface area (Å²) in [6.45, 7) is 16.2. The van der Waals surface area contributed by atoms with Crippen LogP contribution in [0, 0.1) is 39.4 Å². The average Bonchev–Trinajstić information content (AvgIpc) is 3.00. The highest BCUT2D eigenvalue weighted by Crippen LogP contribution is 2.72. The van der Waals surface area contributed by atoms with Crippen LogP contribution >= 0.6 is 0 Å². The highest BCUT2D eigenvalue weighted by molar-refractivity contribution is 6.01. The number of Topliss-reactive ketones (excluding diaryl/α,β-unsaturated/α-hetero) is 2. The Morgan fingerprint density at radius 1 is 1.09 bits per heavy atom. The van der Waals surface area contributed by atoms with Crippen molar-refractivity contribution in [3.05, 3.63) is 23.3 Å². The quantitative estimate of drug-likeness (QED) is 0.520. The predicted octanol–water partition coefficient (Wildman–Crippen LogP) is 4.78. The fourth-order valence-electron chi connectivity index (χ4n) is 8.89. The molecule has 5 nitrogen and oxygen atoms in total. The molecule has 2 fully saturated rings. The van der Waals surface area contributed by atoms with Gasteiger partial charge in [-0.05, 0) is 73.7 Å². The van der Waals surface area contributed by atoms with Gasteiger partial charge in [0.15, 0.2) is 5.78 Å². The number of ketones is 2. The van der Waals surface area contributed by atoms with Gasteiger partial charge < -0.3 is 15.3 Å². The SMILES string of the molecule is C[C@H](C[C@H](O)[C@@H](O)C(C)(C)O)C1=C2C=C[C@H]3[C@@]4(C)CCC(=O)C(C)(C)C4CC[C@]3(C)[C@@]2(C)CC1=O. The van der Waals surface area contributed by atoms with Crippen LogP contribution in [-0.4, -0.2) is 44.7 Å². The topological polar surface area (TPSA) is 94.8 Å². The molecule has 8 atom stereocenters. The molecule has 35 heavy (non-hydrogen) atoms. The van der Waals surface area contributed by atoms with E-state index in [1.807, 2.05) is 6.92 Å². The van der Waals surface area contributed by atoms with Crippen molar-refractivity contribution in [2.24, 2.45) is 39.4 Å². The summed E-state index contributed by atoms with van der Waals surface area (Å²) in [4.78, 5) is 26.4. The number of allylic oxidation sites excluding steroid dienone is 4. The second-order valence-electron chi connectivity index (χ2n) is 14.1. The molecule has 0 aromatic heterocycles. The highest BCUT2D eigenvalue weighted by Gasteiger charge is 2.66. The molecule has 0 aromatic rings.